The molecule has 1 heterocycles. The van der Waals surface area contributed by atoms with Crippen LogP contribution in [0.5, 0.6) is 0 Å². The van der Waals surface area contributed by atoms with Crippen molar-refractivity contribution in [2.45, 2.75) is 39.1 Å². The van der Waals surface area contributed by atoms with Crippen LogP contribution in [0.25, 0.3) is 10.2 Å². The molecule has 4 nitrogen and oxygen atoms in total. The van der Waals surface area contributed by atoms with Crippen molar-refractivity contribution in [1.29, 1.82) is 0 Å². The fraction of sp³-hybridized carbons (Fsp3) is 0.278. The molecule has 0 aliphatic heterocycles. The number of nitrogens with zero attached hydrogens (tertiary/aromatic N) is 1. The molecule has 0 aliphatic rings. The van der Waals surface area contributed by atoms with Crippen molar-refractivity contribution in [3.05, 3.63) is 58.6 Å². The summed E-state index contributed by atoms with van der Waals surface area (Å²) in [6, 6.07) is 12.4. The predicted molar refractivity (Wildman–Crippen MR) is 96.3 cm³/mol. The Morgan fingerprint density at radius 3 is 2.12 bits per heavy atom. The van der Waals surface area contributed by atoms with Gasteiger partial charge in [0.2, 0.25) is 10.5 Å². The molecule has 0 amide bonds. The molecule has 2 aromatic carbocycles. The Kier molecular flexibility index (Phi) is 5.74. The summed E-state index contributed by atoms with van der Waals surface area (Å²) < 4.78 is 34.9. The number of aromatic nitrogens is 1. The summed E-state index contributed by atoms with van der Waals surface area (Å²) in [5.41, 5.74) is 3.65. The molecule has 128 valence electrons. The molecule has 0 atom stereocenters. The van der Waals surface area contributed by atoms with Gasteiger partial charge in [-0.15, -0.1) is 0 Å². The van der Waals surface area contributed by atoms with Crippen molar-refractivity contribution in [3.8, 4) is 0 Å². The first kappa shape index (κ1) is 18.6. The van der Waals surface area contributed by atoms with Crippen molar-refractivity contribution in [3.63, 3.8) is 0 Å². The molecule has 3 rings (SSSR count). The zero-order chi connectivity index (χ0) is 17.9. The van der Waals surface area contributed by atoms with Gasteiger partial charge in [-0.1, -0.05) is 35.1 Å². The largest absolute Gasteiger partial charge is 0.744 e. The summed E-state index contributed by atoms with van der Waals surface area (Å²) in [6.45, 7) is 9.41. The van der Waals surface area contributed by atoms with E-state index in [1.807, 2.05) is 18.3 Å². The van der Waals surface area contributed by atoms with Gasteiger partial charge in [-0.05, 0) is 44.5 Å². The van der Waals surface area contributed by atoms with Crippen LogP contribution < -0.4 is 4.57 Å². The van der Waals surface area contributed by atoms with Crippen molar-refractivity contribution in [1.82, 2.24) is 0 Å². The number of thiazole rings is 1. The Morgan fingerprint density at radius 1 is 1.00 bits per heavy atom. The van der Waals surface area contributed by atoms with Crippen LogP contribution in [0.2, 0.25) is 0 Å². The Labute approximate surface area is 147 Å². The van der Waals surface area contributed by atoms with E-state index < -0.39 is 10.1 Å². The van der Waals surface area contributed by atoms with Crippen molar-refractivity contribution in [2.75, 3.05) is 0 Å². The van der Waals surface area contributed by atoms with Crippen LogP contribution in [-0.2, 0) is 16.7 Å². The molecule has 0 bridgehead atoms. The van der Waals surface area contributed by atoms with Crippen molar-refractivity contribution in [2.24, 2.45) is 0 Å². The maximum absolute atomic E-state index is 10.4. The van der Waals surface area contributed by atoms with Gasteiger partial charge in [-0.25, -0.2) is 8.42 Å². The maximum Gasteiger partial charge on any atom is 0.235 e. The summed E-state index contributed by atoms with van der Waals surface area (Å²) in [4.78, 5) is -0.178. The van der Waals surface area contributed by atoms with Crippen LogP contribution in [-0.4, -0.2) is 13.0 Å². The van der Waals surface area contributed by atoms with E-state index in [4.69, 9.17) is 0 Å². The first-order valence-electron chi connectivity index (χ1n) is 7.64. The molecule has 0 spiro atoms. The Morgan fingerprint density at radius 2 is 1.58 bits per heavy atom. The van der Waals surface area contributed by atoms with Gasteiger partial charge < -0.3 is 4.55 Å². The van der Waals surface area contributed by atoms with Gasteiger partial charge in [0.25, 0.3) is 0 Å². The fourth-order valence-electron chi connectivity index (χ4n) is 2.41. The second-order valence-corrected chi connectivity index (χ2v) is 8.22. The minimum absolute atomic E-state index is 0.178. The third kappa shape index (κ3) is 4.41. The van der Waals surface area contributed by atoms with E-state index in [-0.39, 0.29) is 4.90 Å². The van der Waals surface area contributed by atoms with E-state index >= 15 is 0 Å². The van der Waals surface area contributed by atoms with Crippen LogP contribution in [0.4, 0.5) is 0 Å². The van der Waals surface area contributed by atoms with Gasteiger partial charge >= 0.3 is 0 Å². The first-order valence-corrected chi connectivity index (χ1v) is 9.87. The number of hydrogen-bond acceptors (Lipinski definition) is 4. The lowest BCUT2D eigenvalue weighted by molar-refractivity contribution is -0.669. The van der Waals surface area contributed by atoms with Gasteiger partial charge in [-0.2, -0.15) is 4.57 Å². The van der Waals surface area contributed by atoms with Crippen LogP contribution in [0, 0.1) is 20.8 Å². The molecule has 0 radical (unpaired) electrons. The Bertz CT molecular complexity index is 942. The van der Waals surface area contributed by atoms with E-state index in [1.54, 1.807) is 12.1 Å². The summed E-state index contributed by atoms with van der Waals surface area (Å²) in [6.07, 6.45) is 0. The lowest BCUT2D eigenvalue weighted by Crippen LogP contribution is -2.33. The monoisotopic (exact) mass is 363 g/mol. The highest BCUT2D eigenvalue weighted by atomic mass is 32.2. The standard InChI is InChI=1S/C11H14NS.C7H8O3S/c1-4-12-9(3)13-11-6-5-8(2)7-10(11)12;1-6-2-4-7(5-3-6)11(8,9)10/h5-7H,4H2,1-3H3;2-5H,1H3,(H,8,9,10)/q+1;/p-1. The quantitative estimate of drug-likeness (QED) is 0.515. The van der Waals surface area contributed by atoms with Gasteiger partial charge in [0, 0.05) is 13.0 Å². The second kappa shape index (κ2) is 7.42. The predicted octanol–water partition coefficient (Wildman–Crippen LogP) is 3.72. The van der Waals surface area contributed by atoms with Gasteiger partial charge in [-0.3, -0.25) is 0 Å². The van der Waals surface area contributed by atoms with E-state index in [0.717, 1.165) is 12.1 Å². The number of hydrogen-bond donors (Lipinski definition) is 0. The minimum Gasteiger partial charge on any atom is -0.744 e. The molecule has 6 heteroatoms. The van der Waals surface area contributed by atoms with Crippen molar-refractivity contribution >= 4 is 31.7 Å². The second-order valence-electron chi connectivity index (χ2n) is 5.60. The van der Waals surface area contributed by atoms with E-state index in [9.17, 15) is 13.0 Å². The summed E-state index contributed by atoms with van der Waals surface area (Å²) in [5.74, 6) is 0. The molecule has 0 fully saturated rings. The smallest absolute Gasteiger partial charge is 0.235 e. The zero-order valence-electron chi connectivity index (χ0n) is 14.2. The highest BCUT2D eigenvalue weighted by molar-refractivity contribution is 7.85. The van der Waals surface area contributed by atoms with Crippen LogP contribution in [0.3, 0.4) is 0 Å². The van der Waals surface area contributed by atoms with Crippen molar-refractivity contribution < 1.29 is 17.5 Å². The fourth-order valence-corrected chi connectivity index (χ4v) is 3.94. The molecule has 0 N–H and O–H groups in total. The minimum atomic E-state index is -4.27. The van der Waals surface area contributed by atoms with E-state index in [0.29, 0.717) is 0 Å². The lowest BCUT2D eigenvalue weighted by atomic mass is 10.2. The molecule has 24 heavy (non-hydrogen) atoms. The third-order valence-corrected chi connectivity index (χ3v) is 5.60. The number of rotatable bonds is 2. The summed E-state index contributed by atoms with van der Waals surface area (Å²) >= 11 is 1.87. The number of fused-ring (bicyclic) bond motifs is 1. The molecule has 1 aromatic heterocycles. The van der Waals surface area contributed by atoms with Gasteiger partial charge in [0.05, 0.1) is 4.90 Å². The number of benzene rings is 2. The van der Waals surface area contributed by atoms with Gasteiger partial charge in [0.15, 0.2) is 0 Å². The first-order chi connectivity index (χ1) is 11.2. The van der Waals surface area contributed by atoms with Gasteiger partial charge in [0.1, 0.15) is 21.4 Å². The average Bonchev–Trinajstić information content (AvgIpc) is 2.82. The zero-order valence-corrected chi connectivity index (χ0v) is 15.9. The summed E-state index contributed by atoms with van der Waals surface area (Å²) in [5, 5.41) is 1.39. The Balaban J connectivity index is 0.000000177. The third-order valence-electron chi connectivity index (χ3n) is 3.67. The summed E-state index contributed by atoms with van der Waals surface area (Å²) in [7, 11) is -4.27. The Hall–Kier alpha value is -1.76. The van der Waals surface area contributed by atoms with E-state index in [2.05, 4.69) is 43.5 Å². The normalized spacial score (nSPS) is 11.2. The lowest BCUT2D eigenvalue weighted by Gasteiger charge is -2.05. The molecule has 3 aromatic rings. The molecular weight excluding hydrogens is 342 g/mol. The molecule has 0 unspecified atom stereocenters. The van der Waals surface area contributed by atoms with Crippen LogP contribution in [0.1, 0.15) is 23.1 Å². The average molecular weight is 364 g/mol. The highest BCUT2D eigenvalue weighted by Crippen LogP contribution is 2.20. The highest BCUT2D eigenvalue weighted by Gasteiger charge is 2.14. The maximum atomic E-state index is 10.4. The molecular formula is C18H21NO3S2. The SMILES string of the molecule is CC[n+]1c(C)sc2ccc(C)cc21.Cc1ccc(S(=O)(=O)[O-])cc1. The van der Waals surface area contributed by atoms with Crippen LogP contribution >= 0.6 is 11.3 Å². The van der Waals surface area contributed by atoms with E-state index in [1.165, 1.54) is 32.9 Å². The molecule has 0 saturated carbocycles. The topological polar surface area (TPSA) is 61.1 Å². The van der Waals surface area contributed by atoms with Crippen LogP contribution in [0.15, 0.2) is 47.4 Å². The molecule has 0 aliphatic carbocycles. The molecule has 0 saturated heterocycles. The number of aryl methyl sites for hydroxylation is 4.